The molecule has 0 fully saturated rings. The molecular formula is C14H23N3O5. The van der Waals surface area contributed by atoms with Crippen LogP contribution in [0.3, 0.4) is 0 Å². The molecule has 22 heavy (non-hydrogen) atoms. The first-order valence-electron chi connectivity index (χ1n) is 7.01. The number of amides is 2. The summed E-state index contributed by atoms with van der Waals surface area (Å²) in [5.74, 6) is -2.63. The third-order valence-electron chi connectivity index (χ3n) is 2.86. The summed E-state index contributed by atoms with van der Waals surface area (Å²) in [7, 11) is 0. The van der Waals surface area contributed by atoms with Crippen LogP contribution in [-0.4, -0.2) is 47.0 Å². The summed E-state index contributed by atoms with van der Waals surface area (Å²) in [4.78, 5) is 45.4. The molecule has 0 aliphatic rings. The summed E-state index contributed by atoms with van der Waals surface area (Å²) >= 11 is 0. The highest BCUT2D eigenvalue weighted by atomic mass is 16.4. The van der Waals surface area contributed by atoms with E-state index in [1.807, 2.05) is 13.8 Å². The number of hydrogen-bond acceptors (Lipinski definition) is 5. The van der Waals surface area contributed by atoms with E-state index in [2.05, 4.69) is 10.6 Å². The van der Waals surface area contributed by atoms with E-state index in [4.69, 9.17) is 10.5 Å². The smallest absolute Gasteiger partial charge is 0.326 e. The van der Waals surface area contributed by atoms with Crippen LogP contribution in [0.4, 0.5) is 0 Å². The fourth-order valence-corrected chi connectivity index (χ4v) is 1.84. The second-order valence-corrected chi connectivity index (χ2v) is 5.43. The predicted octanol–water partition coefficient (Wildman–Crippen LogP) is 0.105. The second kappa shape index (κ2) is 9.64. The number of ketones is 1. The van der Waals surface area contributed by atoms with Crippen LogP contribution in [0.5, 0.6) is 0 Å². The molecule has 0 saturated carbocycles. The lowest BCUT2D eigenvalue weighted by molar-refractivity contribution is -0.142. The Morgan fingerprint density at radius 1 is 1.14 bits per heavy atom. The third-order valence-corrected chi connectivity index (χ3v) is 2.86. The molecule has 2 atom stereocenters. The van der Waals surface area contributed by atoms with E-state index in [0.29, 0.717) is 12.6 Å². The first kappa shape index (κ1) is 19.8. The summed E-state index contributed by atoms with van der Waals surface area (Å²) < 4.78 is 0. The Hall–Kier alpha value is -2.25. The maximum absolute atomic E-state index is 12.1. The van der Waals surface area contributed by atoms with Gasteiger partial charge in [0.25, 0.3) is 0 Å². The van der Waals surface area contributed by atoms with Gasteiger partial charge in [0.1, 0.15) is 12.1 Å². The summed E-state index contributed by atoms with van der Waals surface area (Å²) in [6.07, 6.45) is 0.732. The van der Waals surface area contributed by atoms with E-state index >= 15 is 0 Å². The van der Waals surface area contributed by atoms with Crippen LogP contribution >= 0.6 is 0 Å². The van der Waals surface area contributed by atoms with Crippen LogP contribution in [0, 0.1) is 11.3 Å². The van der Waals surface area contributed by atoms with Crippen molar-refractivity contribution < 1.29 is 24.3 Å². The number of rotatable bonds is 10. The number of carbonyl (C=O) groups excluding carboxylic acids is 3. The molecule has 2 amide bonds. The normalized spacial score (nSPS) is 13.1. The fraction of sp³-hybridized carbons (Fsp3) is 0.643. The molecule has 0 aliphatic carbocycles. The van der Waals surface area contributed by atoms with E-state index in [1.165, 1.54) is 6.92 Å². The second-order valence-electron chi connectivity index (χ2n) is 5.43. The SMILES string of the molecule is CC(=O)N[C@@H](CC(C)C)C(=O)N[C@@H](CCC(=O)C=N)C(=O)O. The van der Waals surface area contributed by atoms with Crippen LogP contribution in [0.1, 0.15) is 40.0 Å². The molecule has 8 nitrogen and oxygen atoms in total. The van der Waals surface area contributed by atoms with Gasteiger partial charge in [-0.3, -0.25) is 14.4 Å². The highest BCUT2D eigenvalue weighted by Gasteiger charge is 2.26. The summed E-state index contributed by atoms with van der Waals surface area (Å²) in [6.45, 7) is 5.02. The standard InChI is InChI=1S/C14H23N3O5/c1-8(2)6-12(16-9(3)18)13(20)17-11(14(21)22)5-4-10(19)7-15/h7-8,11-12,15H,4-6H2,1-3H3,(H,16,18)(H,17,20)(H,21,22)/t11-,12-/m0/s1. The van der Waals surface area contributed by atoms with Crippen LogP contribution in [0.25, 0.3) is 0 Å². The molecule has 0 radical (unpaired) electrons. The molecule has 0 unspecified atom stereocenters. The van der Waals surface area contributed by atoms with Gasteiger partial charge in [0.15, 0.2) is 5.78 Å². The van der Waals surface area contributed by atoms with E-state index in [9.17, 15) is 19.2 Å². The molecule has 0 spiro atoms. The van der Waals surface area contributed by atoms with Gasteiger partial charge in [0.05, 0.1) is 6.21 Å². The van der Waals surface area contributed by atoms with Crippen molar-refractivity contribution in [1.82, 2.24) is 10.6 Å². The van der Waals surface area contributed by atoms with Crippen molar-refractivity contribution in [3.63, 3.8) is 0 Å². The number of carbonyl (C=O) groups is 4. The van der Waals surface area contributed by atoms with Gasteiger partial charge in [-0.05, 0) is 18.8 Å². The molecule has 0 aromatic rings. The van der Waals surface area contributed by atoms with Crippen molar-refractivity contribution in [2.75, 3.05) is 0 Å². The first-order valence-corrected chi connectivity index (χ1v) is 7.01. The number of nitrogens with one attached hydrogen (secondary N) is 3. The van der Waals surface area contributed by atoms with Gasteiger partial charge in [-0.25, -0.2) is 4.79 Å². The van der Waals surface area contributed by atoms with Crippen molar-refractivity contribution >= 4 is 29.8 Å². The Morgan fingerprint density at radius 3 is 2.14 bits per heavy atom. The average molecular weight is 313 g/mol. The lowest BCUT2D eigenvalue weighted by atomic mass is 10.0. The maximum atomic E-state index is 12.1. The zero-order valence-corrected chi connectivity index (χ0v) is 13.0. The molecule has 0 rings (SSSR count). The number of hydrogen-bond donors (Lipinski definition) is 4. The quantitative estimate of drug-likeness (QED) is 0.424. The minimum absolute atomic E-state index is 0.107. The maximum Gasteiger partial charge on any atom is 0.326 e. The molecule has 0 aromatic carbocycles. The minimum Gasteiger partial charge on any atom is -0.480 e. The van der Waals surface area contributed by atoms with Gasteiger partial charge in [-0.1, -0.05) is 13.8 Å². The minimum atomic E-state index is -1.27. The summed E-state index contributed by atoms with van der Waals surface area (Å²) in [6, 6.07) is -2.06. The predicted molar refractivity (Wildman–Crippen MR) is 79.7 cm³/mol. The highest BCUT2D eigenvalue weighted by Crippen LogP contribution is 2.07. The van der Waals surface area contributed by atoms with Crippen LogP contribution in [0.15, 0.2) is 0 Å². The molecule has 0 aliphatic heterocycles. The first-order chi connectivity index (χ1) is 10.2. The van der Waals surface area contributed by atoms with Gasteiger partial charge in [0, 0.05) is 13.3 Å². The summed E-state index contributed by atoms with van der Waals surface area (Å²) in [5, 5.41) is 20.7. The molecule has 0 heterocycles. The number of carboxylic acids is 1. The van der Waals surface area contributed by atoms with Crippen molar-refractivity contribution in [3.05, 3.63) is 0 Å². The van der Waals surface area contributed by atoms with Gasteiger partial charge < -0.3 is 21.1 Å². The molecule has 124 valence electrons. The van der Waals surface area contributed by atoms with E-state index in [-0.39, 0.29) is 24.7 Å². The number of carboxylic acid groups (broad SMARTS) is 1. The molecule has 8 heteroatoms. The van der Waals surface area contributed by atoms with E-state index in [1.54, 1.807) is 0 Å². The molecule has 4 N–H and O–H groups in total. The topological polar surface area (TPSA) is 136 Å². The molecule has 0 aromatic heterocycles. The zero-order chi connectivity index (χ0) is 17.3. The van der Waals surface area contributed by atoms with Crippen LogP contribution in [0.2, 0.25) is 0 Å². The molecule has 0 saturated heterocycles. The fourth-order valence-electron chi connectivity index (χ4n) is 1.84. The lowest BCUT2D eigenvalue weighted by Crippen LogP contribution is -2.51. The Kier molecular flexibility index (Phi) is 8.66. The van der Waals surface area contributed by atoms with Crippen molar-refractivity contribution in [3.8, 4) is 0 Å². The van der Waals surface area contributed by atoms with Gasteiger partial charge in [-0.2, -0.15) is 0 Å². The van der Waals surface area contributed by atoms with Gasteiger partial charge in [-0.15, -0.1) is 0 Å². The monoisotopic (exact) mass is 313 g/mol. The van der Waals surface area contributed by atoms with E-state index in [0.717, 1.165) is 0 Å². The third kappa shape index (κ3) is 8.13. The van der Waals surface area contributed by atoms with E-state index < -0.39 is 29.7 Å². The molecular weight excluding hydrogens is 290 g/mol. The van der Waals surface area contributed by atoms with Crippen LogP contribution < -0.4 is 10.6 Å². The zero-order valence-electron chi connectivity index (χ0n) is 13.0. The van der Waals surface area contributed by atoms with Crippen molar-refractivity contribution in [2.45, 2.75) is 52.1 Å². The lowest BCUT2D eigenvalue weighted by Gasteiger charge is -2.22. The Balaban J connectivity index is 4.80. The Labute approximate surface area is 129 Å². The number of Topliss-reactive ketones (excluding diaryl/α,β-unsaturated/α-hetero) is 1. The Morgan fingerprint density at radius 2 is 1.73 bits per heavy atom. The largest absolute Gasteiger partial charge is 0.480 e. The average Bonchev–Trinajstić information content (AvgIpc) is 2.40. The van der Waals surface area contributed by atoms with Crippen molar-refractivity contribution in [1.29, 1.82) is 5.41 Å². The highest BCUT2D eigenvalue weighted by molar-refractivity contribution is 6.26. The Bertz CT molecular complexity index is 448. The molecule has 0 bridgehead atoms. The summed E-state index contributed by atoms with van der Waals surface area (Å²) in [5.41, 5.74) is 0. The number of aliphatic carboxylic acids is 1. The van der Waals surface area contributed by atoms with Gasteiger partial charge in [0.2, 0.25) is 11.8 Å². The van der Waals surface area contributed by atoms with Gasteiger partial charge >= 0.3 is 5.97 Å². The van der Waals surface area contributed by atoms with Crippen molar-refractivity contribution in [2.24, 2.45) is 5.92 Å². The van der Waals surface area contributed by atoms with Crippen LogP contribution in [-0.2, 0) is 19.2 Å².